The predicted molar refractivity (Wildman–Crippen MR) is 278 cm³/mol. The Hall–Kier alpha value is -3.40. The number of carbonyl (C=O) groups excluding carboxylic acids is 4. The molecule has 0 aromatic heterocycles. The van der Waals surface area contributed by atoms with Gasteiger partial charge in [0.05, 0.1) is 46.2 Å². The van der Waals surface area contributed by atoms with E-state index in [9.17, 15) is 116 Å². The Morgan fingerprint density at radius 3 is 1.00 bits per heavy atom. The van der Waals surface area contributed by atoms with E-state index in [4.69, 9.17) is 61.6 Å². The summed E-state index contributed by atoms with van der Waals surface area (Å²) in [7, 11) is 0. The van der Waals surface area contributed by atoms with Crippen LogP contribution in [0.25, 0.3) is 0 Å². The van der Waals surface area contributed by atoms with E-state index in [0.29, 0.717) is 0 Å². The molecule has 7 heterocycles. The second-order valence-corrected chi connectivity index (χ2v) is 22.5. The minimum atomic E-state index is -2.27. The highest BCUT2D eigenvalue weighted by Gasteiger charge is 2.59. The summed E-state index contributed by atoms with van der Waals surface area (Å²) >= 11 is 0. The topological polar surface area (TPSA) is 621 Å². The van der Waals surface area contributed by atoms with Crippen molar-refractivity contribution in [3.63, 3.8) is 0 Å². The van der Waals surface area contributed by atoms with Gasteiger partial charge in [-0.05, 0) is 0 Å². The van der Waals surface area contributed by atoms with Gasteiger partial charge in [0.25, 0.3) is 0 Å². The molecular weight excluding hydrogens is 1230 g/mol. The van der Waals surface area contributed by atoms with Crippen LogP contribution in [0.3, 0.4) is 0 Å². The number of hydrogen-bond acceptors (Lipinski definition) is 36. The summed E-state index contributed by atoms with van der Waals surface area (Å²) in [6.45, 7) is -2.74. The molecule has 40 nitrogen and oxygen atoms in total. The van der Waals surface area contributed by atoms with Gasteiger partial charge in [0.15, 0.2) is 44.0 Å². The number of carbonyl (C=O) groups is 4. The van der Waals surface area contributed by atoms with Crippen LogP contribution in [0.15, 0.2) is 0 Å². The molecular formula is C50H84N4O36. The molecule has 0 unspecified atom stereocenters. The molecule has 0 aliphatic carbocycles. The summed E-state index contributed by atoms with van der Waals surface area (Å²) in [6.07, 6.45) is -59.1. The van der Waals surface area contributed by atoms with Crippen LogP contribution < -0.4 is 21.3 Å². The van der Waals surface area contributed by atoms with Crippen molar-refractivity contribution in [3.05, 3.63) is 0 Å². The van der Waals surface area contributed by atoms with Gasteiger partial charge >= 0.3 is 0 Å². The van der Waals surface area contributed by atoms with Crippen LogP contribution in [0.1, 0.15) is 27.7 Å². The standard InChI is InChI=1S/C50H84N4O36/c1-12(61)51-23-32(70)27(65)16(5-55)80-46(23)89-42-29(67)18(7-57)82-49(37(42)75)87-39-20(9-59)84-45(24(33(39)71)52-13(2)62)78-11-22-31(69)41(26(44(77)79-22)54-15(4)64)88-50-38(76)43(30(68)19(8-58)83-50)90-47-25(53-14(3)63)34(72)40(21(10-60)85-47)86-48-36(74)35(73)28(66)17(6-56)81-48/h16-50,55-60,65-77H,5-11H2,1-4H3,(H,51,61)(H,52,62)(H,53,63)(H,54,64)/t16-,17-,18-,19-,20-,21-,22-,23-,24-,25-,26-,27+,28+,29+,30+,31+,32-,33-,34-,35+,36-,37-,38-,39-,40+,41-,42+,43+,44+,45-,46+,47+,48+,49+,50+/m1/s1. The summed E-state index contributed by atoms with van der Waals surface area (Å²) < 4.78 is 75.2. The molecule has 520 valence electrons. The smallest absolute Gasteiger partial charge is 0.217 e. The lowest BCUT2D eigenvalue weighted by atomic mass is 9.94. The maximum absolute atomic E-state index is 12.7. The van der Waals surface area contributed by atoms with Crippen molar-refractivity contribution in [2.45, 2.75) is 242 Å². The van der Waals surface area contributed by atoms with Crippen LogP contribution in [0.2, 0.25) is 0 Å². The largest absolute Gasteiger partial charge is 0.394 e. The molecule has 7 rings (SSSR count). The minimum absolute atomic E-state index is 0.755. The van der Waals surface area contributed by atoms with Gasteiger partial charge < -0.3 is 180 Å². The number of aliphatic hydroxyl groups excluding tert-OH is 19. The number of hydrogen-bond donors (Lipinski definition) is 23. The molecule has 35 atom stereocenters. The molecule has 0 radical (unpaired) electrons. The Morgan fingerprint density at radius 2 is 0.589 bits per heavy atom. The Bertz CT molecular complexity index is 2310. The Balaban J connectivity index is 1.07. The van der Waals surface area contributed by atoms with Crippen molar-refractivity contribution in [2.75, 3.05) is 46.2 Å². The molecule has 40 heteroatoms. The molecule has 7 fully saturated rings. The van der Waals surface area contributed by atoms with E-state index in [0.717, 1.165) is 27.7 Å². The molecule has 0 bridgehead atoms. The lowest BCUT2D eigenvalue weighted by molar-refractivity contribution is -0.377. The predicted octanol–water partition coefficient (Wildman–Crippen LogP) is -15.7. The fourth-order valence-corrected chi connectivity index (χ4v) is 11.5. The Kier molecular flexibility index (Phi) is 26.6. The molecule has 7 aliphatic rings. The number of nitrogens with one attached hydrogen (secondary N) is 4. The first kappa shape index (κ1) is 74.0. The first-order valence-corrected chi connectivity index (χ1v) is 28.6. The lowest BCUT2D eigenvalue weighted by Crippen LogP contribution is -2.70. The van der Waals surface area contributed by atoms with Gasteiger partial charge in [0.2, 0.25) is 23.6 Å². The van der Waals surface area contributed by atoms with Gasteiger partial charge in [-0.1, -0.05) is 0 Å². The zero-order valence-corrected chi connectivity index (χ0v) is 48.6. The van der Waals surface area contributed by atoms with Crippen molar-refractivity contribution < 1.29 is 178 Å². The molecule has 7 saturated heterocycles. The average molecular weight is 1320 g/mol. The summed E-state index contributed by atoms with van der Waals surface area (Å²) in [5.74, 6) is -3.30. The maximum atomic E-state index is 12.7. The van der Waals surface area contributed by atoms with Crippen LogP contribution in [0, 0.1) is 0 Å². The molecule has 7 aliphatic heterocycles. The fraction of sp³-hybridized carbons (Fsp3) is 0.920. The highest BCUT2D eigenvalue weighted by Crippen LogP contribution is 2.37. The summed E-state index contributed by atoms with van der Waals surface area (Å²) in [6, 6.07) is -6.87. The second-order valence-electron chi connectivity index (χ2n) is 22.5. The number of aliphatic hydroxyl groups is 19. The molecule has 90 heavy (non-hydrogen) atoms. The summed E-state index contributed by atoms with van der Waals surface area (Å²) in [5.41, 5.74) is 0. The van der Waals surface area contributed by atoms with Crippen LogP contribution in [-0.2, 0) is 80.8 Å². The number of amides is 4. The summed E-state index contributed by atoms with van der Waals surface area (Å²) in [5, 5.41) is 216. The molecule has 0 aromatic carbocycles. The van der Waals surface area contributed by atoms with Crippen molar-refractivity contribution in [1.82, 2.24) is 21.3 Å². The van der Waals surface area contributed by atoms with Crippen molar-refractivity contribution in [2.24, 2.45) is 0 Å². The number of rotatable bonds is 23. The van der Waals surface area contributed by atoms with Gasteiger partial charge in [0, 0.05) is 27.7 Å². The van der Waals surface area contributed by atoms with Crippen LogP contribution in [-0.4, -0.2) is 382 Å². The zero-order chi connectivity index (χ0) is 66.5. The normalized spacial score (nSPS) is 47.6. The van der Waals surface area contributed by atoms with Gasteiger partial charge in [-0.25, -0.2) is 0 Å². The average Bonchev–Trinajstić information content (AvgIpc) is 0.831. The quantitative estimate of drug-likeness (QED) is 0.0452. The van der Waals surface area contributed by atoms with E-state index in [1.807, 2.05) is 0 Å². The van der Waals surface area contributed by atoms with E-state index < -0.39 is 285 Å². The first-order chi connectivity index (χ1) is 42.5. The van der Waals surface area contributed by atoms with Crippen LogP contribution in [0.4, 0.5) is 0 Å². The van der Waals surface area contributed by atoms with E-state index in [2.05, 4.69) is 21.3 Å². The Morgan fingerprint density at radius 1 is 0.289 bits per heavy atom. The van der Waals surface area contributed by atoms with Gasteiger partial charge in [-0.3, -0.25) is 19.2 Å². The number of ether oxygens (including phenoxy) is 13. The summed E-state index contributed by atoms with van der Waals surface area (Å²) in [4.78, 5) is 49.9. The third-order valence-corrected chi connectivity index (χ3v) is 16.1. The van der Waals surface area contributed by atoms with Crippen molar-refractivity contribution in [1.29, 1.82) is 0 Å². The van der Waals surface area contributed by atoms with Crippen molar-refractivity contribution in [3.8, 4) is 0 Å². The third kappa shape index (κ3) is 16.4. The maximum Gasteiger partial charge on any atom is 0.217 e. The van der Waals surface area contributed by atoms with Gasteiger partial charge in [-0.2, -0.15) is 0 Å². The van der Waals surface area contributed by atoms with E-state index >= 15 is 0 Å². The van der Waals surface area contributed by atoms with E-state index in [1.165, 1.54) is 0 Å². The first-order valence-electron chi connectivity index (χ1n) is 28.6. The van der Waals surface area contributed by atoms with Crippen LogP contribution in [0.5, 0.6) is 0 Å². The van der Waals surface area contributed by atoms with E-state index in [-0.39, 0.29) is 0 Å². The fourth-order valence-electron chi connectivity index (χ4n) is 11.5. The molecule has 0 aromatic rings. The van der Waals surface area contributed by atoms with Gasteiger partial charge in [0.1, 0.15) is 171 Å². The van der Waals surface area contributed by atoms with Gasteiger partial charge in [-0.15, -0.1) is 0 Å². The highest BCUT2D eigenvalue weighted by molar-refractivity contribution is 5.74. The SMILES string of the molecule is CC(=O)N[C@@H]1[C@@H](O[C@@H]2O[C@H](CO)[C@H](O)[C@H](O[C@@H]3O[C@H](CO)[C@H](O[C@@H]4O[C@H](CO)[C@H](O)[C@H](O)[C@H]4O)[C@H](O)[C@H]3NC(C)=O)[C@H]2O)[C@@H](O)[C@@H](CO[C@@H]2O[C@H](CO)[C@@H](O[C@@H]3O[C@H](CO)[C@H](O)[C@H](O[C@@H]4O[C@H](CO)[C@H](O)[C@H](O)[C@H]4NC(C)=O)[C@H]3O)[C@H](O)[C@H]2NC(C)=O)O[C@@H]1O. The Labute approximate surface area is 510 Å². The zero-order valence-electron chi connectivity index (χ0n) is 48.6. The monoisotopic (exact) mass is 1320 g/mol. The molecule has 0 saturated carbocycles. The van der Waals surface area contributed by atoms with Crippen molar-refractivity contribution >= 4 is 23.6 Å². The lowest BCUT2D eigenvalue weighted by Gasteiger charge is -2.50. The van der Waals surface area contributed by atoms with Crippen LogP contribution >= 0.6 is 0 Å². The third-order valence-electron chi connectivity index (χ3n) is 16.1. The van der Waals surface area contributed by atoms with E-state index in [1.54, 1.807) is 0 Å². The second kappa shape index (κ2) is 32.4. The molecule has 0 spiro atoms. The molecule has 4 amide bonds. The molecule has 23 N–H and O–H groups in total. The highest BCUT2D eigenvalue weighted by atomic mass is 16.8. The minimum Gasteiger partial charge on any atom is -0.394 e.